The molecule has 3 rings (SSSR count). The zero-order valence-electron chi connectivity index (χ0n) is 18.1. The predicted octanol–water partition coefficient (Wildman–Crippen LogP) is 4.11. The second kappa shape index (κ2) is 11.5. The van der Waals surface area contributed by atoms with E-state index in [4.69, 9.17) is 4.74 Å². The summed E-state index contributed by atoms with van der Waals surface area (Å²) in [6.45, 7) is 1.97. The topological polar surface area (TPSA) is 58.6 Å². The molecule has 0 aromatic heterocycles. The van der Waals surface area contributed by atoms with E-state index in [1.807, 2.05) is 30.3 Å². The van der Waals surface area contributed by atoms with E-state index in [2.05, 4.69) is 5.32 Å². The number of benzene rings is 2. The summed E-state index contributed by atoms with van der Waals surface area (Å²) < 4.78 is 18.6. The maximum absolute atomic E-state index is 13.1. The lowest BCUT2D eigenvalue weighted by atomic mass is 9.95. The highest BCUT2D eigenvalue weighted by Crippen LogP contribution is 2.18. The van der Waals surface area contributed by atoms with Crippen molar-refractivity contribution in [2.24, 2.45) is 0 Å². The molecule has 0 radical (unpaired) electrons. The third-order valence-corrected chi connectivity index (χ3v) is 5.78. The summed E-state index contributed by atoms with van der Waals surface area (Å²) in [6.07, 6.45) is 6.09. The molecule has 0 heterocycles. The molecule has 1 atom stereocenters. The van der Waals surface area contributed by atoms with Gasteiger partial charge in [-0.15, -0.1) is 0 Å². The standard InChI is InChI=1S/C25H31FN2O3/c1-19(25(30)27-22-10-6-3-7-11-22)28(17-16-20-8-4-2-5-9-20)24(29)18-31-23-14-12-21(26)13-15-23/h2,4-5,8-9,12-15,19,22H,3,6-7,10-11,16-18H2,1H3,(H,27,30)/t19-/m0/s1. The summed E-state index contributed by atoms with van der Waals surface area (Å²) in [5.41, 5.74) is 1.10. The van der Waals surface area contributed by atoms with Gasteiger partial charge in [0.2, 0.25) is 5.91 Å². The van der Waals surface area contributed by atoms with Crippen LogP contribution in [-0.4, -0.2) is 41.9 Å². The van der Waals surface area contributed by atoms with Crippen molar-refractivity contribution < 1.29 is 18.7 Å². The SMILES string of the molecule is C[C@@H](C(=O)NC1CCCCC1)N(CCc1ccccc1)C(=O)COc1ccc(F)cc1. The number of carbonyl (C=O) groups excluding carboxylic acids is 2. The molecule has 2 amide bonds. The summed E-state index contributed by atoms with van der Waals surface area (Å²) in [6, 6.07) is 15.0. The van der Waals surface area contributed by atoms with Crippen LogP contribution in [0.2, 0.25) is 0 Å². The van der Waals surface area contributed by atoms with Gasteiger partial charge in [-0.25, -0.2) is 4.39 Å². The normalized spacial score (nSPS) is 15.2. The first-order valence-corrected chi connectivity index (χ1v) is 11.0. The fourth-order valence-corrected chi connectivity index (χ4v) is 3.90. The van der Waals surface area contributed by atoms with E-state index in [0.29, 0.717) is 18.7 Å². The van der Waals surface area contributed by atoms with Gasteiger partial charge in [-0.05, 0) is 56.0 Å². The van der Waals surface area contributed by atoms with Crippen LogP contribution < -0.4 is 10.1 Å². The smallest absolute Gasteiger partial charge is 0.261 e. The quantitative estimate of drug-likeness (QED) is 0.656. The first-order chi connectivity index (χ1) is 15.0. The molecule has 31 heavy (non-hydrogen) atoms. The van der Waals surface area contributed by atoms with Crippen molar-refractivity contribution in [2.75, 3.05) is 13.2 Å². The van der Waals surface area contributed by atoms with Gasteiger partial charge in [0.15, 0.2) is 6.61 Å². The highest BCUT2D eigenvalue weighted by Gasteiger charge is 2.28. The second-order valence-electron chi connectivity index (χ2n) is 8.08. The Labute approximate surface area is 183 Å². The first-order valence-electron chi connectivity index (χ1n) is 11.0. The van der Waals surface area contributed by atoms with Gasteiger partial charge in [-0.1, -0.05) is 49.6 Å². The number of rotatable bonds is 9. The van der Waals surface area contributed by atoms with Gasteiger partial charge in [-0.3, -0.25) is 9.59 Å². The largest absolute Gasteiger partial charge is 0.484 e. The number of nitrogens with zero attached hydrogens (tertiary/aromatic N) is 1. The van der Waals surface area contributed by atoms with E-state index in [1.54, 1.807) is 11.8 Å². The van der Waals surface area contributed by atoms with Crippen LogP contribution in [0.5, 0.6) is 5.75 Å². The van der Waals surface area contributed by atoms with Gasteiger partial charge in [0.25, 0.3) is 5.91 Å². The Hall–Kier alpha value is -2.89. The number of ether oxygens (including phenoxy) is 1. The second-order valence-corrected chi connectivity index (χ2v) is 8.08. The van der Waals surface area contributed by atoms with Crippen LogP contribution in [0.15, 0.2) is 54.6 Å². The van der Waals surface area contributed by atoms with Crippen LogP contribution in [0.3, 0.4) is 0 Å². The number of hydrogen-bond acceptors (Lipinski definition) is 3. The number of hydrogen-bond donors (Lipinski definition) is 1. The van der Waals surface area contributed by atoms with E-state index in [-0.39, 0.29) is 30.3 Å². The minimum atomic E-state index is -0.602. The fourth-order valence-electron chi connectivity index (χ4n) is 3.90. The number of halogens is 1. The predicted molar refractivity (Wildman–Crippen MR) is 118 cm³/mol. The van der Waals surface area contributed by atoms with Gasteiger partial charge >= 0.3 is 0 Å². The van der Waals surface area contributed by atoms with Crippen molar-refractivity contribution in [2.45, 2.75) is 57.5 Å². The summed E-state index contributed by atoms with van der Waals surface area (Å²) >= 11 is 0. The minimum Gasteiger partial charge on any atom is -0.484 e. The Morgan fingerprint density at radius 3 is 2.42 bits per heavy atom. The molecule has 1 saturated carbocycles. The summed E-state index contributed by atoms with van der Waals surface area (Å²) in [7, 11) is 0. The Balaban J connectivity index is 1.63. The number of nitrogens with one attached hydrogen (secondary N) is 1. The zero-order chi connectivity index (χ0) is 22.1. The Bertz CT molecular complexity index is 836. The van der Waals surface area contributed by atoms with Gasteiger partial charge in [0.05, 0.1) is 0 Å². The molecule has 6 heteroatoms. The van der Waals surface area contributed by atoms with Gasteiger partial charge in [-0.2, -0.15) is 0 Å². The molecule has 1 fully saturated rings. The highest BCUT2D eigenvalue weighted by molar-refractivity contribution is 5.88. The molecular weight excluding hydrogens is 395 g/mol. The molecular formula is C25H31FN2O3. The van der Waals surface area contributed by atoms with Crippen LogP contribution in [0.25, 0.3) is 0 Å². The van der Waals surface area contributed by atoms with Crippen molar-refractivity contribution in [1.82, 2.24) is 10.2 Å². The van der Waals surface area contributed by atoms with E-state index in [1.165, 1.54) is 30.7 Å². The molecule has 0 bridgehead atoms. The van der Waals surface area contributed by atoms with E-state index < -0.39 is 6.04 Å². The maximum Gasteiger partial charge on any atom is 0.261 e. The molecule has 1 aliphatic rings. The molecule has 166 valence electrons. The van der Waals surface area contributed by atoms with Crippen molar-refractivity contribution >= 4 is 11.8 Å². The average molecular weight is 427 g/mol. The Morgan fingerprint density at radius 2 is 1.74 bits per heavy atom. The van der Waals surface area contributed by atoms with Gasteiger partial charge in [0, 0.05) is 12.6 Å². The molecule has 2 aromatic carbocycles. The molecule has 0 saturated heterocycles. The monoisotopic (exact) mass is 426 g/mol. The minimum absolute atomic E-state index is 0.130. The van der Waals surface area contributed by atoms with Gasteiger partial charge < -0.3 is 15.0 Å². The van der Waals surface area contributed by atoms with Crippen LogP contribution in [0, 0.1) is 5.82 Å². The van der Waals surface area contributed by atoms with Crippen molar-refractivity contribution in [3.8, 4) is 5.75 Å². The third kappa shape index (κ3) is 7.09. The third-order valence-electron chi connectivity index (χ3n) is 5.78. The van der Waals surface area contributed by atoms with Crippen molar-refractivity contribution in [3.05, 3.63) is 66.0 Å². The molecule has 2 aromatic rings. The van der Waals surface area contributed by atoms with Crippen LogP contribution in [-0.2, 0) is 16.0 Å². The Morgan fingerprint density at radius 1 is 1.06 bits per heavy atom. The fraction of sp³-hybridized carbons (Fsp3) is 0.440. The molecule has 1 aliphatic carbocycles. The lowest BCUT2D eigenvalue weighted by Crippen LogP contribution is -2.52. The van der Waals surface area contributed by atoms with Crippen molar-refractivity contribution in [3.63, 3.8) is 0 Å². The molecule has 0 spiro atoms. The molecule has 0 aliphatic heterocycles. The first kappa shape index (κ1) is 22.8. The number of carbonyl (C=O) groups is 2. The van der Waals surface area contributed by atoms with E-state index in [9.17, 15) is 14.0 Å². The van der Waals surface area contributed by atoms with Crippen molar-refractivity contribution in [1.29, 1.82) is 0 Å². The van der Waals surface area contributed by atoms with Crippen LogP contribution in [0.4, 0.5) is 4.39 Å². The summed E-state index contributed by atoms with van der Waals surface area (Å²) in [4.78, 5) is 27.5. The molecule has 0 unspecified atom stereocenters. The Kier molecular flexibility index (Phi) is 8.44. The maximum atomic E-state index is 13.1. The molecule has 1 N–H and O–H groups in total. The summed E-state index contributed by atoms with van der Waals surface area (Å²) in [5, 5.41) is 3.12. The van der Waals surface area contributed by atoms with Gasteiger partial charge in [0.1, 0.15) is 17.6 Å². The molecule has 5 nitrogen and oxygen atoms in total. The highest BCUT2D eigenvalue weighted by atomic mass is 19.1. The summed E-state index contributed by atoms with van der Waals surface area (Å²) in [5.74, 6) is -0.352. The zero-order valence-corrected chi connectivity index (χ0v) is 18.1. The average Bonchev–Trinajstić information content (AvgIpc) is 2.80. The van der Waals surface area contributed by atoms with Crippen LogP contribution >= 0.6 is 0 Å². The number of amides is 2. The van der Waals surface area contributed by atoms with E-state index >= 15 is 0 Å². The lowest BCUT2D eigenvalue weighted by Gasteiger charge is -2.31. The van der Waals surface area contributed by atoms with E-state index in [0.717, 1.165) is 31.2 Å². The van der Waals surface area contributed by atoms with Crippen LogP contribution in [0.1, 0.15) is 44.6 Å². The lowest BCUT2D eigenvalue weighted by molar-refractivity contribution is -0.141.